The molecule has 4 heteroatoms. The number of nitrogens with one attached hydrogen (secondary N) is 1. The number of nitrogens with zero attached hydrogens (tertiary/aromatic N) is 2. The molecular formula is C16H21N3O. The van der Waals surface area contributed by atoms with E-state index in [1.54, 1.807) is 4.90 Å². The van der Waals surface area contributed by atoms with Gasteiger partial charge in [0.2, 0.25) is 0 Å². The summed E-state index contributed by atoms with van der Waals surface area (Å²) in [6.07, 6.45) is 0.945. The molecule has 0 radical (unpaired) electrons. The third-order valence-electron chi connectivity index (χ3n) is 3.34. The first-order valence-electron chi connectivity index (χ1n) is 6.90. The molecule has 20 heavy (non-hydrogen) atoms. The summed E-state index contributed by atoms with van der Waals surface area (Å²) in [5.74, 6) is 0.0582. The number of rotatable bonds is 5. The van der Waals surface area contributed by atoms with E-state index in [1.807, 2.05) is 51.4 Å². The number of amides is 1. The molecule has 1 N–H and O–H groups in total. The Morgan fingerprint density at radius 3 is 2.85 bits per heavy atom. The molecule has 4 nitrogen and oxygen atoms in total. The summed E-state index contributed by atoms with van der Waals surface area (Å²) >= 11 is 0. The lowest BCUT2D eigenvalue weighted by molar-refractivity contribution is 0.0795. The summed E-state index contributed by atoms with van der Waals surface area (Å²) in [5.41, 5.74) is 2.48. The second kappa shape index (κ2) is 6.48. The quantitative estimate of drug-likeness (QED) is 0.848. The zero-order valence-corrected chi connectivity index (χ0v) is 12.3. The summed E-state index contributed by atoms with van der Waals surface area (Å²) in [4.78, 5) is 18.8. The molecular weight excluding hydrogens is 250 g/mol. The molecule has 0 spiro atoms. The molecule has 0 fully saturated rings. The molecule has 0 aliphatic heterocycles. The van der Waals surface area contributed by atoms with E-state index in [2.05, 4.69) is 10.3 Å². The third-order valence-corrected chi connectivity index (χ3v) is 3.34. The second-order valence-electron chi connectivity index (χ2n) is 5.01. The van der Waals surface area contributed by atoms with E-state index in [1.165, 1.54) is 0 Å². The van der Waals surface area contributed by atoms with Crippen LogP contribution >= 0.6 is 0 Å². The number of benzene rings is 1. The monoisotopic (exact) mass is 271 g/mol. The van der Waals surface area contributed by atoms with Gasteiger partial charge in [-0.2, -0.15) is 0 Å². The van der Waals surface area contributed by atoms with Crippen LogP contribution in [-0.4, -0.2) is 43.0 Å². The maximum absolute atomic E-state index is 12.6. The first-order valence-corrected chi connectivity index (χ1v) is 6.90. The van der Waals surface area contributed by atoms with E-state index in [4.69, 9.17) is 0 Å². The van der Waals surface area contributed by atoms with E-state index < -0.39 is 0 Å². The van der Waals surface area contributed by atoms with Crippen LogP contribution in [0.4, 0.5) is 0 Å². The molecule has 0 atom stereocenters. The van der Waals surface area contributed by atoms with Crippen LogP contribution < -0.4 is 5.32 Å². The zero-order chi connectivity index (χ0) is 14.5. The molecule has 1 aromatic heterocycles. The van der Waals surface area contributed by atoms with E-state index in [0.717, 1.165) is 41.7 Å². The molecule has 0 bridgehead atoms. The lowest BCUT2D eigenvalue weighted by Crippen LogP contribution is -2.29. The summed E-state index contributed by atoms with van der Waals surface area (Å²) in [7, 11) is 3.77. The van der Waals surface area contributed by atoms with Crippen molar-refractivity contribution in [2.75, 3.05) is 27.2 Å². The van der Waals surface area contributed by atoms with E-state index in [9.17, 15) is 4.79 Å². The normalized spacial score (nSPS) is 10.8. The van der Waals surface area contributed by atoms with Crippen molar-refractivity contribution in [2.45, 2.75) is 13.3 Å². The number of aromatic nitrogens is 1. The minimum Gasteiger partial charge on any atom is -0.342 e. The predicted molar refractivity (Wildman–Crippen MR) is 82.0 cm³/mol. The summed E-state index contributed by atoms with van der Waals surface area (Å²) in [6.45, 7) is 3.58. The maximum atomic E-state index is 12.6. The van der Waals surface area contributed by atoms with Crippen LogP contribution in [0.3, 0.4) is 0 Å². The lowest BCUT2D eigenvalue weighted by atomic mass is 10.1. The van der Waals surface area contributed by atoms with Gasteiger partial charge in [0.25, 0.3) is 5.91 Å². The number of hydrogen-bond acceptors (Lipinski definition) is 3. The number of fused-ring (bicyclic) bond motifs is 1. The van der Waals surface area contributed by atoms with Crippen molar-refractivity contribution in [3.63, 3.8) is 0 Å². The Kier molecular flexibility index (Phi) is 4.69. The molecule has 0 aliphatic rings. The molecule has 1 heterocycles. The van der Waals surface area contributed by atoms with Gasteiger partial charge >= 0.3 is 0 Å². The average Bonchev–Trinajstić information content (AvgIpc) is 2.45. The lowest BCUT2D eigenvalue weighted by Gasteiger charge is -2.18. The maximum Gasteiger partial charge on any atom is 0.254 e. The van der Waals surface area contributed by atoms with Gasteiger partial charge in [-0.25, -0.2) is 0 Å². The van der Waals surface area contributed by atoms with Crippen LogP contribution in [0.25, 0.3) is 10.9 Å². The minimum absolute atomic E-state index is 0.0582. The number of carbonyl (C=O) groups is 1. The van der Waals surface area contributed by atoms with Gasteiger partial charge in [-0.1, -0.05) is 18.2 Å². The Balaban J connectivity index is 2.29. The fourth-order valence-corrected chi connectivity index (χ4v) is 2.28. The smallest absolute Gasteiger partial charge is 0.254 e. The Labute approximate surface area is 119 Å². The highest BCUT2D eigenvalue weighted by Gasteiger charge is 2.15. The third kappa shape index (κ3) is 3.14. The van der Waals surface area contributed by atoms with E-state index in [0.29, 0.717) is 0 Å². The highest BCUT2D eigenvalue weighted by Crippen LogP contribution is 2.19. The van der Waals surface area contributed by atoms with Gasteiger partial charge in [0.1, 0.15) is 0 Å². The average molecular weight is 271 g/mol. The van der Waals surface area contributed by atoms with E-state index in [-0.39, 0.29) is 5.91 Å². The number of pyridine rings is 1. The van der Waals surface area contributed by atoms with Crippen LogP contribution in [0.1, 0.15) is 22.5 Å². The molecule has 0 saturated heterocycles. The predicted octanol–water partition coefficient (Wildman–Crippen LogP) is 2.22. The van der Waals surface area contributed by atoms with Crippen molar-refractivity contribution in [3.05, 3.63) is 41.6 Å². The standard InChI is InChI=1S/C16H21N3O/c1-12-11-14(13-7-4-5-8-15(13)18-12)16(20)19(3)10-6-9-17-2/h4-5,7-8,11,17H,6,9-10H2,1-3H3. The first kappa shape index (κ1) is 14.5. The largest absolute Gasteiger partial charge is 0.342 e. The number of aryl methyl sites for hydroxylation is 1. The van der Waals surface area contributed by atoms with Gasteiger partial charge in [-0.05, 0) is 39.1 Å². The van der Waals surface area contributed by atoms with Crippen molar-refractivity contribution in [3.8, 4) is 0 Å². The van der Waals surface area contributed by atoms with E-state index >= 15 is 0 Å². The Hall–Kier alpha value is -1.94. The number of hydrogen-bond donors (Lipinski definition) is 1. The van der Waals surface area contributed by atoms with Gasteiger partial charge < -0.3 is 10.2 Å². The Bertz CT molecular complexity index is 610. The van der Waals surface area contributed by atoms with Crippen LogP contribution in [0, 0.1) is 6.92 Å². The van der Waals surface area contributed by atoms with Crippen LogP contribution in [0.15, 0.2) is 30.3 Å². The molecule has 106 valence electrons. The highest BCUT2D eigenvalue weighted by atomic mass is 16.2. The first-order chi connectivity index (χ1) is 9.63. The van der Waals surface area contributed by atoms with Crippen molar-refractivity contribution in [1.82, 2.24) is 15.2 Å². The van der Waals surface area contributed by atoms with Crippen molar-refractivity contribution < 1.29 is 4.79 Å². The number of carbonyl (C=O) groups excluding carboxylic acids is 1. The second-order valence-corrected chi connectivity index (χ2v) is 5.01. The summed E-state index contributed by atoms with van der Waals surface area (Å²) < 4.78 is 0. The molecule has 1 aromatic carbocycles. The molecule has 2 aromatic rings. The fraction of sp³-hybridized carbons (Fsp3) is 0.375. The van der Waals surface area contributed by atoms with Gasteiger partial charge in [0, 0.05) is 24.7 Å². The minimum atomic E-state index is 0.0582. The Morgan fingerprint density at radius 1 is 1.35 bits per heavy atom. The number of para-hydroxylation sites is 1. The van der Waals surface area contributed by atoms with Crippen LogP contribution in [0.5, 0.6) is 0 Å². The summed E-state index contributed by atoms with van der Waals surface area (Å²) in [6, 6.07) is 9.66. The summed E-state index contributed by atoms with van der Waals surface area (Å²) in [5, 5.41) is 4.01. The topological polar surface area (TPSA) is 45.2 Å². The zero-order valence-electron chi connectivity index (χ0n) is 12.3. The van der Waals surface area contributed by atoms with Gasteiger partial charge in [0.05, 0.1) is 11.1 Å². The van der Waals surface area contributed by atoms with Crippen molar-refractivity contribution in [1.29, 1.82) is 0 Å². The van der Waals surface area contributed by atoms with Gasteiger partial charge in [-0.3, -0.25) is 9.78 Å². The fourth-order valence-electron chi connectivity index (χ4n) is 2.28. The molecule has 0 unspecified atom stereocenters. The molecule has 0 aliphatic carbocycles. The van der Waals surface area contributed by atoms with Gasteiger partial charge in [0.15, 0.2) is 0 Å². The Morgan fingerprint density at radius 2 is 2.10 bits per heavy atom. The SMILES string of the molecule is CNCCCN(C)C(=O)c1cc(C)nc2ccccc12. The van der Waals surface area contributed by atoms with Crippen LogP contribution in [0.2, 0.25) is 0 Å². The van der Waals surface area contributed by atoms with Crippen molar-refractivity contribution >= 4 is 16.8 Å². The van der Waals surface area contributed by atoms with Gasteiger partial charge in [-0.15, -0.1) is 0 Å². The van der Waals surface area contributed by atoms with Crippen LogP contribution in [-0.2, 0) is 0 Å². The molecule has 0 saturated carbocycles. The molecule has 2 rings (SSSR count). The van der Waals surface area contributed by atoms with Crippen molar-refractivity contribution in [2.24, 2.45) is 0 Å². The molecule has 1 amide bonds. The highest BCUT2D eigenvalue weighted by molar-refractivity contribution is 6.06.